The third kappa shape index (κ3) is 6.77. The minimum absolute atomic E-state index is 0.242. The lowest BCUT2D eigenvalue weighted by Crippen LogP contribution is -2.45. The molecule has 1 aliphatic heterocycles. The van der Waals surface area contributed by atoms with Crippen LogP contribution in [0, 0.1) is 0 Å². The zero-order chi connectivity index (χ0) is 29.1. The molecule has 0 spiro atoms. The van der Waals surface area contributed by atoms with Crippen molar-refractivity contribution in [3.8, 4) is 11.5 Å². The number of hydrogen-bond donors (Lipinski definition) is 2. The van der Waals surface area contributed by atoms with Gasteiger partial charge in [0.1, 0.15) is 17.3 Å². The van der Waals surface area contributed by atoms with E-state index < -0.39 is 11.7 Å². The van der Waals surface area contributed by atoms with Crippen LogP contribution in [0.5, 0.6) is 11.5 Å². The lowest BCUT2D eigenvalue weighted by atomic mass is 10.0. The van der Waals surface area contributed by atoms with Crippen molar-refractivity contribution >= 4 is 34.4 Å². The van der Waals surface area contributed by atoms with Gasteiger partial charge in [-0.25, -0.2) is 9.97 Å². The van der Waals surface area contributed by atoms with Crippen LogP contribution in [0.25, 0.3) is 11.0 Å². The highest BCUT2D eigenvalue weighted by atomic mass is 19.4. The molecule has 216 valence electrons. The molecule has 0 atom stereocenters. The van der Waals surface area contributed by atoms with Gasteiger partial charge in [-0.1, -0.05) is 13.0 Å². The molecule has 5 rings (SSSR count). The van der Waals surface area contributed by atoms with Crippen LogP contribution in [0.4, 0.5) is 30.6 Å². The average Bonchev–Trinajstić information content (AvgIpc) is 3.23. The van der Waals surface area contributed by atoms with Crippen LogP contribution in [0.3, 0.4) is 0 Å². The number of ether oxygens (including phenoxy) is 1. The number of alkyl halides is 3. The first-order chi connectivity index (χ1) is 19.6. The van der Waals surface area contributed by atoms with Crippen LogP contribution in [0.2, 0.25) is 0 Å². The maximum atomic E-state index is 14.1. The summed E-state index contributed by atoms with van der Waals surface area (Å²) in [5.74, 6) is 1.52. The summed E-state index contributed by atoms with van der Waals surface area (Å²) in [5.41, 5.74) is 1.28. The van der Waals surface area contributed by atoms with Gasteiger partial charge < -0.3 is 24.8 Å². The maximum Gasteiger partial charge on any atom is 0.416 e. The second-order valence-corrected chi connectivity index (χ2v) is 10.0. The summed E-state index contributed by atoms with van der Waals surface area (Å²) in [7, 11) is 1.78. The molecule has 9 nitrogen and oxygen atoms in total. The minimum Gasteiger partial charge on any atom is -0.457 e. The molecule has 2 N–H and O–H groups in total. The van der Waals surface area contributed by atoms with Gasteiger partial charge in [0.15, 0.2) is 0 Å². The average molecular weight is 568 g/mol. The first-order valence-corrected chi connectivity index (χ1v) is 13.4. The third-order valence-electron chi connectivity index (χ3n) is 7.10. The van der Waals surface area contributed by atoms with E-state index in [1.807, 2.05) is 0 Å². The van der Waals surface area contributed by atoms with Gasteiger partial charge in [0.2, 0.25) is 11.9 Å². The lowest BCUT2D eigenvalue weighted by Gasteiger charge is -2.34. The highest BCUT2D eigenvalue weighted by Gasteiger charge is 2.34. The maximum absolute atomic E-state index is 14.1. The van der Waals surface area contributed by atoms with E-state index in [9.17, 15) is 18.0 Å². The summed E-state index contributed by atoms with van der Waals surface area (Å²) in [5, 5.41) is 5.67. The largest absolute Gasteiger partial charge is 0.457 e. The van der Waals surface area contributed by atoms with Crippen molar-refractivity contribution in [2.45, 2.75) is 26.6 Å². The van der Waals surface area contributed by atoms with Crippen LogP contribution in [-0.4, -0.2) is 63.0 Å². The van der Waals surface area contributed by atoms with Crippen LogP contribution in [0.1, 0.15) is 25.0 Å². The topological polar surface area (TPSA) is 87.6 Å². The van der Waals surface area contributed by atoms with Gasteiger partial charge in [0.25, 0.3) is 0 Å². The van der Waals surface area contributed by atoms with Crippen molar-refractivity contribution in [2.75, 3.05) is 43.4 Å². The van der Waals surface area contributed by atoms with Gasteiger partial charge in [-0.05, 0) is 42.4 Å². The number of fused-ring (bicyclic) bond motifs is 1. The molecule has 12 heteroatoms. The second-order valence-electron chi connectivity index (χ2n) is 10.0. The van der Waals surface area contributed by atoms with E-state index in [-0.39, 0.29) is 18.0 Å². The highest BCUT2D eigenvalue weighted by Crippen LogP contribution is 2.36. The Kier molecular flexibility index (Phi) is 8.13. The molecule has 4 aromatic rings. The smallest absolute Gasteiger partial charge is 0.416 e. The Morgan fingerprint density at radius 3 is 2.44 bits per heavy atom. The molecule has 3 heterocycles. The van der Waals surface area contributed by atoms with Crippen molar-refractivity contribution in [3.63, 3.8) is 0 Å². The highest BCUT2D eigenvalue weighted by molar-refractivity contribution is 5.87. The summed E-state index contributed by atoms with van der Waals surface area (Å²) in [6.45, 7) is 7.90. The number of hydrogen-bond acceptors (Lipinski definition) is 7. The standard InChI is InChI=1S/C29H32F3N7O2/c1-4-38-11-13-39(14-12-38)18-20-5-6-21(15-24(20)29(30,31)32)35-28-36-25-8-7-22(16-26(25)37(28)3)41-23-9-10-33-27(17-23)34-19(2)40/h5-10,15-17H,4,11-14,18H2,1-3H3,(H,35,36)(H,33,34,40). The molecule has 0 aliphatic carbocycles. The number of aromatic nitrogens is 3. The quantitative estimate of drug-likeness (QED) is 0.286. The van der Waals surface area contributed by atoms with Gasteiger partial charge in [0, 0.05) is 70.7 Å². The van der Waals surface area contributed by atoms with E-state index in [2.05, 4.69) is 37.3 Å². The number of nitrogens with zero attached hydrogens (tertiary/aromatic N) is 5. The number of carbonyl (C=O) groups excluding carboxylic acids is 1. The Labute approximate surface area is 235 Å². The Hall–Kier alpha value is -4.16. The van der Waals surface area contributed by atoms with E-state index in [1.165, 1.54) is 13.1 Å². The van der Waals surface area contributed by atoms with Gasteiger partial charge in [0.05, 0.1) is 16.6 Å². The predicted octanol–water partition coefficient (Wildman–Crippen LogP) is 5.62. The van der Waals surface area contributed by atoms with Crippen LogP contribution in [0.15, 0.2) is 54.7 Å². The van der Waals surface area contributed by atoms with Crippen molar-refractivity contribution in [1.82, 2.24) is 24.3 Å². The van der Waals surface area contributed by atoms with E-state index >= 15 is 0 Å². The summed E-state index contributed by atoms with van der Waals surface area (Å²) in [4.78, 5) is 24.3. The number of amides is 1. The lowest BCUT2D eigenvalue weighted by molar-refractivity contribution is -0.138. The van der Waals surface area contributed by atoms with Crippen molar-refractivity contribution in [2.24, 2.45) is 7.05 Å². The summed E-state index contributed by atoms with van der Waals surface area (Å²) in [6.07, 6.45) is -2.96. The first kappa shape index (κ1) is 28.4. The number of halogens is 3. The summed E-state index contributed by atoms with van der Waals surface area (Å²) in [6, 6.07) is 12.9. The molecular weight excluding hydrogens is 535 g/mol. The third-order valence-corrected chi connectivity index (χ3v) is 7.10. The normalized spacial score (nSPS) is 14.8. The van der Waals surface area contributed by atoms with E-state index in [4.69, 9.17) is 4.74 Å². The SMILES string of the molecule is CCN1CCN(Cc2ccc(Nc3nc4ccc(Oc5ccnc(NC(C)=O)c5)cc4n3C)cc2C(F)(F)F)CC1. The fourth-order valence-electron chi connectivity index (χ4n) is 4.89. The number of pyridine rings is 1. The zero-order valence-corrected chi connectivity index (χ0v) is 23.1. The van der Waals surface area contributed by atoms with E-state index in [0.717, 1.165) is 44.3 Å². The van der Waals surface area contributed by atoms with Gasteiger partial charge in [-0.15, -0.1) is 0 Å². The van der Waals surface area contributed by atoms with Crippen LogP contribution < -0.4 is 15.4 Å². The molecule has 1 fully saturated rings. The second kappa shape index (κ2) is 11.8. The fraction of sp³-hybridized carbons (Fsp3) is 0.345. The number of piperazine rings is 1. The van der Waals surface area contributed by atoms with Gasteiger partial charge >= 0.3 is 6.18 Å². The predicted molar refractivity (Wildman–Crippen MR) is 151 cm³/mol. The molecule has 1 saturated heterocycles. The van der Waals surface area contributed by atoms with Crippen LogP contribution in [-0.2, 0) is 24.6 Å². The van der Waals surface area contributed by atoms with Gasteiger partial charge in [-0.3, -0.25) is 9.69 Å². The number of aryl methyl sites for hydroxylation is 1. The molecule has 2 aromatic carbocycles. The minimum atomic E-state index is -4.48. The summed E-state index contributed by atoms with van der Waals surface area (Å²) < 4.78 is 49.9. The van der Waals surface area contributed by atoms with Crippen molar-refractivity contribution in [1.29, 1.82) is 0 Å². The number of benzene rings is 2. The van der Waals surface area contributed by atoms with Crippen molar-refractivity contribution in [3.05, 3.63) is 65.9 Å². The zero-order valence-electron chi connectivity index (χ0n) is 23.1. The number of rotatable bonds is 8. The Balaban J connectivity index is 1.34. The number of nitrogens with one attached hydrogen (secondary N) is 2. The number of carbonyl (C=O) groups is 1. The molecule has 1 aliphatic rings. The van der Waals surface area contributed by atoms with Crippen molar-refractivity contribution < 1.29 is 22.7 Å². The molecule has 2 aromatic heterocycles. The summed E-state index contributed by atoms with van der Waals surface area (Å²) >= 11 is 0. The Morgan fingerprint density at radius 1 is 1.00 bits per heavy atom. The molecule has 0 unspecified atom stereocenters. The van der Waals surface area contributed by atoms with Gasteiger partial charge in [-0.2, -0.15) is 13.2 Å². The molecule has 0 bridgehead atoms. The molecular formula is C29H32F3N7O2. The molecule has 0 saturated carbocycles. The molecule has 41 heavy (non-hydrogen) atoms. The fourth-order valence-corrected chi connectivity index (χ4v) is 4.89. The number of imidazole rings is 1. The number of likely N-dealkylation sites (N-methyl/N-ethyl adjacent to an activating group) is 1. The van der Waals surface area contributed by atoms with E-state index in [1.54, 1.807) is 54.1 Å². The Morgan fingerprint density at radius 2 is 1.73 bits per heavy atom. The number of anilines is 3. The monoisotopic (exact) mass is 567 g/mol. The van der Waals surface area contributed by atoms with Crippen LogP contribution >= 0.6 is 0 Å². The first-order valence-electron chi connectivity index (χ1n) is 13.4. The molecule has 0 radical (unpaired) electrons. The van der Waals surface area contributed by atoms with E-state index in [0.29, 0.717) is 34.5 Å². The Bertz CT molecular complexity index is 1550. The molecule has 1 amide bonds.